The van der Waals surface area contributed by atoms with Crippen LogP contribution in [-0.4, -0.2) is 9.78 Å². The van der Waals surface area contributed by atoms with Gasteiger partial charge in [-0.1, -0.05) is 24.6 Å². The summed E-state index contributed by atoms with van der Waals surface area (Å²) in [7, 11) is 0. The molecule has 3 heteroatoms. The van der Waals surface area contributed by atoms with Gasteiger partial charge < -0.3 is 0 Å². The van der Waals surface area contributed by atoms with Gasteiger partial charge in [-0.3, -0.25) is 4.68 Å². The zero-order valence-corrected chi connectivity index (χ0v) is 8.01. The molecule has 0 aliphatic carbocycles. The van der Waals surface area contributed by atoms with Crippen molar-refractivity contribution in [3.63, 3.8) is 0 Å². The number of hydrogen-bond donors (Lipinski definition) is 0. The summed E-state index contributed by atoms with van der Waals surface area (Å²) in [6.07, 6.45) is 5.39. The van der Waals surface area contributed by atoms with E-state index in [4.69, 9.17) is 11.6 Å². The van der Waals surface area contributed by atoms with Crippen LogP contribution in [0.2, 0.25) is 5.02 Å². The summed E-state index contributed by atoms with van der Waals surface area (Å²) in [5.74, 6) is 0. The normalized spacial score (nSPS) is 10.2. The fraction of sp³-hybridized carbons (Fsp3) is 0.444. The maximum Gasteiger partial charge on any atom is 0.0821 e. The van der Waals surface area contributed by atoms with Gasteiger partial charge in [0.2, 0.25) is 0 Å². The van der Waals surface area contributed by atoms with Crippen molar-refractivity contribution >= 4 is 11.6 Å². The molecular formula is C9H13ClN2. The van der Waals surface area contributed by atoms with Crippen molar-refractivity contribution in [3.05, 3.63) is 29.6 Å². The zero-order chi connectivity index (χ0) is 8.97. The lowest BCUT2D eigenvalue weighted by Gasteiger charge is -2.03. The smallest absolute Gasteiger partial charge is 0.0821 e. The molecule has 0 atom stereocenters. The highest BCUT2D eigenvalue weighted by molar-refractivity contribution is 6.31. The maximum absolute atomic E-state index is 5.93. The fourth-order valence-corrected chi connectivity index (χ4v) is 1.35. The van der Waals surface area contributed by atoms with Crippen molar-refractivity contribution in [2.45, 2.75) is 26.3 Å². The van der Waals surface area contributed by atoms with Gasteiger partial charge in [0.15, 0.2) is 0 Å². The Kier molecular flexibility index (Phi) is 3.35. The SMILES string of the molecule is C=CCc1c(Cl)cnn1CCC. The Morgan fingerprint density at radius 2 is 2.50 bits per heavy atom. The zero-order valence-electron chi connectivity index (χ0n) is 7.26. The monoisotopic (exact) mass is 184 g/mol. The molecule has 0 aliphatic rings. The predicted molar refractivity (Wildman–Crippen MR) is 51.4 cm³/mol. The molecule has 0 amide bonds. The van der Waals surface area contributed by atoms with E-state index in [0.29, 0.717) is 0 Å². The van der Waals surface area contributed by atoms with E-state index in [9.17, 15) is 0 Å². The van der Waals surface area contributed by atoms with E-state index in [-0.39, 0.29) is 0 Å². The Labute approximate surface area is 77.8 Å². The number of nitrogens with zero attached hydrogens (tertiary/aromatic N) is 2. The molecule has 0 spiro atoms. The van der Waals surface area contributed by atoms with E-state index >= 15 is 0 Å². The summed E-state index contributed by atoms with van der Waals surface area (Å²) in [4.78, 5) is 0. The number of allylic oxidation sites excluding steroid dienone is 1. The van der Waals surface area contributed by atoms with Gasteiger partial charge in [0.05, 0.1) is 16.9 Å². The number of aromatic nitrogens is 2. The number of halogens is 1. The molecule has 1 rings (SSSR count). The Morgan fingerprint density at radius 3 is 3.08 bits per heavy atom. The first-order chi connectivity index (χ1) is 5.79. The summed E-state index contributed by atoms with van der Waals surface area (Å²) in [6.45, 7) is 6.72. The van der Waals surface area contributed by atoms with Gasteiger partial charge >= 0.3 is 0 Å². The van der Waals surface area contributed by atoms with E-state index in [1.165, 1.54) is 0 Å². The molecule has 0 aromatic carbocycles. The molecule has 12 heavy (non-hydrogen) atoms. The van der Waals surface area contributed by atoms with Gasteiger partial charge in [-0.25, -0.2) is 0 Å². The third-order valence-corrected chi connectivity index (χ3v) is 1.99. The minimum absolute atomic E-state index is 0.739. The van der Waals surface area contributed by atoms with Gasteiger partial charge in [-0.2, -0.15) is 5.10 Å². The highest BCUT2D eigenvalue weighted by atomic mass is 35.5. The second-order valence-electron chi connectivity index (χ2n) is 2.66. The van der Waals surface area contributed by atoms with Crippen LogP contribution in [0.25, 0.3) is 0 Å². The molecular weight excluding hydrogens is 172 g/mol. The molecule has 0 fully saturated rings. The fourth-order valence-electron chi connectivity index (χ4n) is 1.13. The quantitative estimate of drug-likeness (QED) is 0.658. The van der Waals surface area contributed by atoms with Crippen LogP contribution in [0.4, 0.5) is 0 Å². The topological polar surface area (TPSA) is 17.8 Å². The third-order valence-electron chi connectivity index (χ3n) is 1.67. The van der Waals surface area contributed by atoms with E-state index < -0.39 is 0 Å². The number of hydrogen-bond acceptors (Lipinski definition) is 1. The van der Waals surface area contributed by atoms with Gasteiger partial charge in [-0.05, 0) is 6.42 Å². The van der Waals surface area contributed by atoms with Crippen molar-refractivity contribution < 1.29 is 0 Å². The highest BCUT2D eigenvalue weighted by Crippen LogP contribution is 2.15. The Balaban J connectivity index is 2.86. The van der Waals surface area contributed by atoms with Crippen molar-refractivity contribution in [1.29, 1.82) is 0 Å². The molecule has 1 heterocycles. The molecule has 0 bridgehead atoms. The first-order valence-corrected chi connectivity index (χ1v) is 4.48. The van der Waals surface area contributed by atoms with Crippen LogP contribution < -0.4 is 0 Å². The van der Waals surface area contributed by atoms with Crippen molar-refractivity contribution in [1.82, 2.24) is 9.78 Å². The molecule has 0 N–H and O–H groups in total. The van der Waals surface area contributed by atoms with Gasteiger partial charge in [0, 0.05) is 13.0 Å². The average molecular weight is 185 g/mol. The molecule has 0 radical (unpaired) electrons. The van der Waals surface area contributed by atoms with Gasteiger partial charge in [-0.15, -0.1) is 6.58 Å². The van der Waals surface area contributed by atoms with Gasteiger partial charge in [0.25, 0.3) is 0 Å². The minimum atomic E-state index is 0.739. The lowest BCUT2D eigenvalue weighted by molar-refractivity contribution is 0.581. The van der Waals surface area contributed by atoms with Crippen LogP contribution in [0.15, 0.2) is 18.9 Å². The average Bonchev–Trinajstić information content (AvgIpc) is 2.37. The van der Waals surface area contributed by atoms with E-state index in [0.717, 1.165) is 30.1 Å². The number of aryl methyl sites for hydroxylation is 1. The van der Waals surface area contributed by atoms with Crippen LogP contribution >= 0.6 is 11.6 Å². The molecule has 0 aliphatic heterocycles. The van der Waals surface area contributed by atoms with Crippen molar-refractivity contribution in [2.75, 3.05) is 0 Å². The van der Waals surface area contributed by atoms with Crippen molar-refractivity contribution in [2.24, 2.45) is 0 Å². The second-order valence-corrected chi connectivity index (χ2v) is 3.06. The molecule has 0 saturated carbocycles. The first kappa shape index (κ1) is 9.33. The Hall–Kier alpha value is -0.760. The van der Waals surface area contributed by atoms with Crippen LogP contribution in [0.1, 0.15) is 19.0 Å². The van der Waals surface area contributed by atoms with Crippen LogP contribution in [0.5, 0.6) is 0 Å². The number of rotatable bonds is 4. The van der Waals surface area contributed by atoms with Crippen molar-refractivity contribution in [3.8, 4) is 0 Å². The molecule has 1 aromatic rings. The molecule has 1 aromatic heterocycles. The van der Waals surface area contributed by atoms with E-state index in [1.54, 1.807) is 6.20 Å². The van der Waals surface area contributed by atoms with Crippen LogP contribution in [0, 0.1) is 0 Å². The minimum Gasteiger partial charge on any atom is -0.268 e. The molecule has 0 saturated heterocycles. The predicted octanol–water partition coefficient (Wildman–Crippen LogP) is 2.68. The summed E-state index contributed by atoms with van der Waals surface area (Å²) in [5.41, 5.74) is 1.06. The highest BCUT2D eigenvalue weighted by Gasteiger charge is 2.05. The maximum atomic E-state index is 5.93. The summed E-state index contributed by atoms with van der Waals surface area (Å²) in [6, 6.07) is 0. The molecule has 66 valence electrons. The first-order valence-electron chi connectivity index (χ1n) is 4.10. The summed E-state index contributed by atoms with van der Waals surface area (Å²) < 4.78 is 1.93. The molecule has 0 unspecified atom stereocenters. The van der Waals surface area contributed by atoms with Crippen LogP contribution in [0.3, 0.4) is 0 Å². The van der Waals surface area contributed by atoms with E-state index in [2.05, 4.69) is 18.6 Å². The largest absolute Gasteiger partial charge is 0.268 e. The lowest BCUT2D eigenvalue weighted by Crippen LogP contribution is -2.03. The Morgan fingerprint density at radius 1 is 1.75 bits per heavy atom. The third kappa shape index (κ3) is 1.89. The summed E-state index contributed by atoms with van der Waals surface area (Å²) in [5, 5.41) is 4.90. The Bertz CT molecular complexity index is 265. The van der Waals surface area contributed by atoms with Crippen LogP contribution in [-0.2, 0) is 13.0 Å². The lowest BCUT2D eigenvalue weighted by atomic mass is 10.3. The second kappa shape index (κ2) is 4.31. The standard InChI is InChI=1S/C9H13ClN2/c1-3-5-9-8(10)7-11-12(9)6-4-2/h3,7H,1,4-6H2,2H3. The van der Waals surface area contributed by atoms with Gasteiger partial charge in [0.1, 0.15) is 0 Å². The molecule has 2 nitrogen and oxygen atoms in total. The van der Waals surface area contributed by atoms with E-state index in [1.807, 2.05) is 10.8 Å². The summed E-state index contributed by atoms with van der Waals surface area (Å²) >= 11 is 5.93.